The van der Waals surface area contributed by atoms with Crippen LogP contribution in [0.25, 0.3) is 10.9 Å². The van der Waals surface area contributed by atoms with Gasteiger partial charge in [0.2, 0.25) is 0 Å². The molecule has 0 radical (unpaired) electrons. The second-order valence-electron chi connectivity index (χ2n) is 7.44. The lowest BCUT2D eigenvalue weighted by Crippen LogP contribution is -2.26. The van der Waals surface area contributed by atoms with Crippen LogP contribution in [0.5, 0.6) is 11.5 Å². The minimum atomic E-state index is 0.879. The number of H-pyrrole nitrogens is 1. The average Bonchev–Trinajstić information content (AvgIpc) is 2.99. The van der Waals surface area contributed by atoms with Crippen molar-refractivity contribution in [3.8, 4) is 11.5 Å². The van der Waals surface area contributed by atoms with E-state index in [-0.39, 0.29) is 0 Å². The molecule has 0 saturated carbocycles. The molecular weight excluding hydrogens is 344 g/mol. The van der Waals surface area contributed by atoms with Crippen LogP contribution in [0.15, 0.2) is 78.9 Å². The van der Waals surface area contributed by atoms with E-state index in [1.807, 2.05) is 30.3 Å². The maximum atomic E-state index is 6.25. The number of benzene rings is 3. The van der Waals surface area contributed by atoms with Gasteiger partial charge in [0.15, 0.2) is 0 Å². The van der Waals surface area contributed by atoms with Gasteiger partial charge in [0.05, 0.1) is 0 Å². The van der Waals surface area contributed by atoms with E-state index < -0.39 is 0 Å². The number of hydrogen-bond acceptors (Lipinski definition) is 2. The van der Waals surface area contributed by atoms with E-state index in [9.17, 15) is 0 Å². The van der Waals surface area contributed by atoms with Gasteiger partial charge in [-0.05, 0) is 41.8 Å². The van der Waals surface area contributed by atoms with Crippen LogP contribution in [0, 0.1) is 0 Å². The van der Waals surface area contributed by atoms with Crippen LogP contribution in [-0.2, 0) is 19.4 Å². The Labute approximate surface area is 165 Å². The Bertz CT molecular complexity index is 1070. The first-order valence-corrected chi connectivity index (χ1v) is 9.98. The number of hydrogen-bond donors (Lipinski definition) is 1. The number of nitrogens with one attached hydrogen (secondary N) is 1. The van der Waals surface area contributed by atoms with E-state index in [4.69, 9.17) is 4.74 Å². The van der Waals surface area contributed by atoms with E-state index >= 15 is 0 Å². The van der Waals surface area contributed by atoms with Gasteiger partial charge in [-0.3, -0.25) is 4.90 Å². The third kappa shape index (κ3) is 3.41. The van der Waals surface area contributed by atoms with Gasteiger partial charge in [0.1, 0.15) is 11.5 Å². The largest absolute Gasteiger partial charge is 0.457 e. The maximum Gasteiger partial charge on any atom is 0.137 e. The number of fused-ring (bicyclic) bond motifs is 3. The topological polar surface area (TPSA) is 28.3 Å². The molecule has 28 heavy (non-hydrogen) atoms. The van der Waals surface area contributed by atoms with Crippen molar-refractivity contribution >= 4 is 10.9 Å². The number of aromatic nitrogens is 1. The van der Waals surface area contributed by atoms with Crippen LogP contribution in [0.3, 0.4) is 0 Å². The van der Waals surface area contributed by atoms with E-state index in [0.29, 0.717) is 0 Å². The Morgan fingerprint density at radius 1 is 0.786 bits per heavy atom. The molecule has 1 N–H and O–H groups in total. The zero-order valence-corrected chi connectivity index (χ0v) is 15.9. The molecule has 3 heteroatoms. The van der Waals surface area contributed by atoms with Crippen molar-refractivity contribution in [1.82, 2.24) is 9.88 Å². The molecular formula is C25H24N2O. The van der Waals surface area contributed by atoms with Crippen LogP contribution in [0.2, 0.25) is 0 Å². The SMILES string of the molecule is c1ccc(CN2CCc3[nH]c4cccc(Oc5ccccc5)c4c3CC2)cc1. The molecule has 1 aromatic heterocycles. The zero-order valence-electron chi connectivity index (χ0n) is 15.9. The van der Waals surface area contributed by atoms with Gasteiger partial charge >= 0.3 is 0 Å². The summed E-state index contributed by atoms with van der Waals surface area (Å²) in [6.45, 7) is 3.15. The number of rotatable bonds is 4. The highest BCUT2D eigenvalue weighted by Crippen LogP contribution is 2.35. The summed E-state index contributed by atoms with van der Waals surface area (Å²) in [6.07, 6.45) is 2.08. The van der Waals surface area contributed by atoms with Crippen molar-refractivity contribution in [2.75, 3.05) is 13.1 Å². The zero-order chi connectivity index (χ0) is 18.8. The van der Waals surface area contributed by atoms with Crippen molar-refractivity contribution in [3.63, 3.8) is 0 Å². The molecule has 5 rings (SSSR count). The Hall–Kier alpha value is -3.04. The first kappa shape index (κ1) is 17.1. The fourth-order valence-electron chi connectivity index (χ4n) is 4.18. The second-order valence-corrected chi connectivity index (χ2v) is 7.44. The highest BCUT2D eigenvalue weighted by Gasteiger charge is 2.20. The Morgan fingerprint density at radius 2 is 1.54 bits per heavy atom. The molecule has 4 aromatic rings. The van der Waals surface area contributed by atoms with Gasteiger partial charge in [0.25, 0.3) is 0 Å². The fourth-order valence-corrected chi connectivity index (χ4v) is 4.18. The summed E-state index contributed by atoms with van der Waals surface area (Å²) in [4.78, 5) is 6.21. The smallest absolute Gasteiger partial charge is 0.137 e. The number of para-hydroxylation sites is 1. The summed E-state index contributed by atoms with van der Waals surface area (Å²) in [7, 11) is 0. The summed E-state index contributed by atoms with van der Waals surface area (Å²) < 4.78 is 6.25. The summed E-state index contributed by atoms with van der Waals surface area (Å²) in [6, 6.07) is 27.1. The number of ether oxygens (including phenoxy) is 1. The molecule has 0 spiro atoms. The minimum absolute atomic E-state index is 0.879. The van der Waals surface area contributed by atoms with Crippen LogP contribution in [0.1, 0.15) is 16.8 Å². The highest BCUT2D eigenvalue weighted by molar-refractivity contribution is 5.91. The molecule has 1 aliphatic heterocycles. The quantitative estimate of drug-likeness (QED) is 0.511. The van der Waals surface area contributed by atoms with Gasteiger partial charge in [-0.2, -0.15) is 0 Å². The molecule has 0 aliphatic carbocycles. The van der Waals surface area contributed by atoms with Crippen molar-refractivity contribution in [1.29, 1.82) is 0 Å². The summed E-state index contributed by atoms with van der Waals surface area (Å²) in [5.74, 6) is 1.82. The van der Waals surface area contributed by atoms with Crippen molar-refractivity contribution in [3.05, 3.63) is 95.7 Å². The van der Waals surface area contributed by atoms with E-state index in [0.717, 1.165) is 44.0 Å². The van der Waals surface area contributed by atoms with Gasteiger partial charge in [0, 0.05) is 42.7 Å². The van der Waals surface area contributed by atoms with Gasteiger partial charge in [-0.1, -0.05) is 54.6 Å². The predicted molar refractivity (Wildman–Crippen MR) is 114 cm³/mol. The third-order valence-corrected chi connectivity index (χ3v) is 5.55. The molecule has 0 amide bonds. The van der Waals surface area contributed by atoms with Crippen LogP contribution < -0.4 is 4.74 Å². The summed E-state index contributed by atoms with van der Waals surface area (Å²) in [5.41, 5.74) is 5.33. The minimum Gasteiger partial charge on any atom is -0.457 e. The van der Waals surface area contributed by atoms with E-state index in [1.165, 1.54) is 27.7 Å². The molecule has 1 aliphatic rings. The Balaban J connectivity index is 1.43. The Kier molecular flexibility index (Phi) is 4.59. The number of aromatic amines is 1. The molecule has 2 heterocycles. The highest BCUT2D eigenvalue weighted by atomic mass is 16.5. The lowest BCUT2D eigenvalue weighted by atomic mass is 10.1. The summed E-state index contributed by atoms with van der Waals surface area (Å²) >= 11 is 0. The third-order valence-electron chi connectivity index (χ3n) is 5.55. The van der Waals surface area contributed by atoms with Gasteiger partial charge in [-0.25, -0.2) is 0 Å². The summed E-state index contributed by atoms with van der Waals surface area (Å²) in [5, 5.41) is 1.24. The first-order valence-electron chi connectivity index (χ1n) is 9.98. The number of nitrogens with zero attached hydrogens (tertiary/aromatic N) is 1. The molecule has 140 valence electrons. The van der Waals surface area contributed by atoms with Crippen LogP contribution in [0.4, 0.5) is 0 Å². The molecule has 3 aromatic carbocycles. The van der Waals surface area contributed by atoms with Gasteiger partial charge in [-0.15, -0.1) is 0 Å². The molecule has 0 fully saturated rings. The first-order chi connectivity index (χ1) is 13.9. The second kappa shape index (κ2) is 7.53. The van der Waals surface area contributed by atoms with Gasteiger partial charge < -0.3 is 9.72 Å². The molecule has 0 bridgehead atoms. The monoisotopic (exact) mass is 368 g/mol. The van der Waals surface area contributed by atoms with Crippen molar-refractivity contribution < 1.29 is 4.74 Å². The van der Waals surface area contributed by atoms with Crippen LogP contribution >= 0.6 is 0 Å². The molecule has 0 unspecified atom stereocenters. The van der Waals surface area contributed by atoms with Crippen molar-refractivity contribution in [2.45, 2.75) is 19.4 Å². The maximum absolute atomic E-state index is 6.25. The fraction of sp³-hybridized carbons (Fsp3) is 0.200. The molecule has 0 saturated heterocycles. The standard InChI is InChI=1S/C25H24N2O/c1-3-8-19(9-4-1)18-27-16-14-21-22(15-17-27)26-23-12-7-13-24(25(21)23)28-20-10-5-2-6-11-20/h1-13,26H,14-18H2. The van der Waals surface area contributed by atoms with Crippen molar-refractivity contribution in [2.24, 2.45) is 0 Å². The average molecular weight is 368 g/mol. The lowest BCUT2D eigenvalue weighted by molar-refractivity contribution is 0.279. The predicted octanol–water partition coefficient (Wildman–Crippen LogP) is 5.56. The Morgan fingerprint density at radius 3 is 2.36 bits per heavy atom. The normalized spacial score (nSPS) is 14.6. The van der Waals surface area contributed by atoms with Crippen LogP contribution in [-0.4, -0.2) is 23.0 Å². The molecule has 3 nitrogen and oxygen atoms in total. The molecule has 0 atom stereocenters. The van der Waals surface area contributed by atoms with E-state index in [1.54, 1.807) is 0 Å². The lowest BCUT2D eigenvalue weighted by Gasteiger charge is -2.19. The van der Waals surface area contributed by atoms with E-state index in [2.05, 4.69) is 58.4 Å².